The number of carbonyl (C=O) groups excluding carboxylic acids is 3. The molecule has 0 saturated carbocycles. The maximum atomic E-state index is 14.3. The molecule has 5 rings (SSSR count). The number of fused-ring (bicyclic) bond motifs is 2. The first-order valence-electron chi connectivity index (χ1n) is 12.4. The number of carbonyl (C=O) groups is 3. The summed E-state index contributed by atoms with van der Waals surface area (Å²) < 4.78 is -0.847. The van der Waals surface area contributed by atoms with Crippen LogP contribution in [0.4, 0.5) is 5.69 Å². The van der Waals surface area contributed by atoms with Crippen LogP contribution in [-0.2, 0) is 14.4 Å². The highest BCUT2D eigenvalue weighted by atomic mass is 32.2. The van der Waals surface area contributed by atoms with Crippen LogP contribution in [0.3, 0.4) is 0 Å². The minimum atomic E-state index is -0.847. The number of aryl methyl sites for hydroxylation is 2. The predicted molar refractivity (Wildman–Crippen MR) is 137 cm³/mol. The molecule has 35 heavy (non-hydrogen) atoms. The molecular weight excluding hydrogens is 462 g/mol. The summed E-state index contributed by atoms with van der Waals surface area (Å²) in [5, 5.41) is 9.66. The van der Waals surface area contributed by atoms with Gasteiger partial charge in [-0.1, -0.05) is 43.4 Å². The summed E-state index contributed by atoms with van der Waals surface area (Å²) in [7, 11) is 0. The standard InChI is InChI=1S/C27H33N3O4S/c1-4-11-28-12-5-7-20-21(24(28)32)22-25(33)30(14-15-31)23-26(34)29(13-6-10-27(22,23)35-20)19-16-17(2)8-9-18(19)3/h5-10,16,20-23,31H,4,11-15H2,1-3H3/t20-,21+,22+,23?,27+/m1/s1. The van der Waals surface area contributed by atoms with Gasteiger partial charge in [0, 0.05) is 37.1 Å². The van der Waals surface area contributed by atoms with E-state index in [2.05, 4.69) is 6.08 Å². The van der Waals surface area contributed by atoms with Crippen LogP contribution in [0, 0.1) is 25.7 Å². The lowest BCUT2D eigenvalue weighted by Gasteiger charge is -2.35. The molecule has 0 radical (unpaired) electrons. The maximum Gasteiger partial charge on any atom is 0.251 e. The van der Waals surface area contributed by atoms with Crippen LogP contribution >= 0.6 is 11.8 Å². The monoisotopic (exact) mass is 495 g/mol. The third kappa shape index (κ3) is 3.64. The van der Waals surface area contributed by atoms with Gasteiger partial charge in [-0.15, -0.1) is 11.8 Å². The second-order valence-electron chi connectivity index (χ2n) is 9.95. The summed E-state index contributed by atoms with van der Waals surface area (Å²) in [5.41, 5.74) is 2.87. The number of aliphatic hydroxyl groups is 1. The van der Waals surface area contributed by atoms with Crippen LogP contribution < -0.4 is 4.90 Å². The van der Waals surface area contributed by atoms with E-state index in [0.717, 1.165) is 23.2 Å². The fourth-order valence-electron chi connectivity index (χ4n) is 6.23. The largest absolute Gasteiger partial charge is 0.395 e. The molecule has 1 unspecified atom stereocenters. The Morgan fingerprint density at radius 3 is 2.60 bits per heavy atom. The fraction of sp³-hybridized carbons (Fsp3) is 0.519. The molecule has 2 saturated heterocycles. The Morgan fingerprint density at radius 2 is 1.86 bits per heavy atom. The third-order valence-corrected chi connectivity index (χ3v) is 9.48. The quantitative estimate of drug-likeness (QED) is 0.634. The van der Waals surface area contributed by atoms with Crippen molar-refractivity contribution in [1.29, 1.82) is 0 Å². The summed E-state index contributed by atoms with van der Waals surface area (Å²) in [6, 6.07) is 5.25. The number of benzene rings is 1. The van der Waals surface area contributed by atoms with Gasteiger partial charge in [-0.3, -0.25) is 14.4 Å². The molecule has 0 bridgehead atoms. The molecule has 4 heterocycles. The molecular formula is C27H33N3O4S. The Hall–Kier alpha value is -2.58. The smallest absolute Gasteiger partial charge is 0.251 e. The molecule has 1 N–H and O–H groups in total. The van der Waals surface area contributed by atoms with Gasteiger partial charge in [0.05, 0.1) is 23.2 Å². The summed E-state index contributed by atoms with van der Waals surface area (Å²) in [5.74, 6) is -1.52. The lowest BCUT2D eigenvalue weighted by atomic mass is 9.78. The summed E-state index contributed by atoms with van der Waals surface area (Å²) in [6.45, 7) is 7.44. The maximum absolute atomic E-state index is 14.3. The van der Waals surface area contributed by atoms with E-state index >= 15 is 0 Å². The van der Waals surface area contributed by atoms with Crippen LogP contribution in [0.2, 0.25) is 0 Å². The van der Waals surface area contributed by atoms with Gasteiger partial charge in [0.1, 0.15) is 6.04 Å². The number of β-amino-alcohol motifs (C(OH)–C–C–N with tert-alkyl or cyclic N) is 1. The second-order valence-corrected chi connectivity index (χ2v) is 11.4. The minimum Gasteiger partial charge on any atom is -0.395 e. The van der Waals surface area contributed by atoms with Gasteiger partial charge in [-0.2, -0.15) is 0 Å². The molecule has 8 heteroatoms. The molecule has 1 spiro atoms. The Labute approximate surface area is 210 Å². The fourth-order valence-corrected chi connectivity index (χ4v) is 8.24. The van der Waals surface area contributed by atoms with E-state index in [-0.39, 0.29) is 36.1 Å². The van der Waals surface area contributed by atoms with Crippen molar-refractivity contribution in [3.05, 3.63) is 53.6 Å². The van der Waals surface area contributed by atoms with E-state index in [1.54, 1.807) is 16.7 Å². The van der Waals surface area contributed by atoms with Gasteiger partial charge < -0.3 is 19.8 Å². The highest BCUT2D eigenvalue weighted by Gasteiger charge is 2.71. The number of hydrogen-bond donors (Lipinski definition) is 1. The first-order chi connectivity index (χ1) is 16.8. The van der Waals surface area contributed by atoms with Gasteiger partial charge >= 0.3 is 0 Å². The first-order valence-corrected chi connectivity index (χ1v) is 13.3. The van der Waals surface area contributed by atoms with Gasteiger partial charge in [0.15, 0.2) is 0 Å². The molecule has 186 valence electrons. The third-order valence-electron chi connectivity index (χ3n) is 7.73. The van der Waals surface area contributed by atoms with Crippen molar-refractivity contribution in [3.8, 4) is 0 Å². The summed E-state index contributed by atoms with van der Waals surface area (Å²) in [6.07, 6.45) is 8.93. The van der Waals surface area contributed by atoms with Crippen LogP contribution in [0.5, 0.6) is 0 Å². The molecule has 0 aliphatic carbocycles. The molecule has 3 amide bonds. The molecule has 4 aliphatic heterocycles. The van der Waals surface area contributed by atoms with Crippen LogP contribution in [0.25, 0.3) is 0 Å². The zero-order valence-corrected chi connectivity index (χ0v) is 21.3. The van der Waals surface area contributed by atoms with Gasteiger partial charge in [-0.05, 0) is 37.5 Å². The number of rotatable bonds is 5. The van der Waals surface area contributed by atoms with Crippen molar-refractivity contribution in [1.82, 2.24) is 9.80 Å². The number of aliphatic hydroxyl groups excluding tert-OH is 1. The van der Waals surface area contributed by atoms with E-state index in [1.165, 1.54) is 4.90 Å². The van der Waals surface area contributed by atoms with E-state index in [9.17, 15) is 19.5 Å². The number of likely N-dealkylation sites (tertiary alicyclic amines) is 1. The average molecular weight is 496 g/mol. The van der Waals surface area contributed by atoms with E-state index in [4.69, 9.17) is 0 Å². The van der Waals surface area contributed by atoms with Gasteiger partial charge in [-0.25, -0.2) is 0 Å². The number of amides is 3. The van der Waals surface area contributed by atoms with Crippen LogP contribution in [0.1, 0.15) is 24.5 Å². The normalized spacial score (nSPS) is 32.0. The van der Waals surface area contributed by atoms with E-state index < -0.39 is 22.6 Å². The van der Waals surface area contributed by atoms with Crippen molar-refractivity contribution < 1.29 is 19.5 Å². The Morgan fingerprint density at radius 1 is 1.06 bits per heavy atom. The number of hydrogen-bond acceptors (Lipinski definition) is 5. The Kier molecular flexibility index (Phi) is 6.30. The molecule has 2 fully saturated rings. The zero-order valence-electron chi connectivity index (χ0n) is 20.5. The van der Waals surface area contributed by atoms with E-state index in [0.29, 0.717) is 19.6 Å². The number of nitrogens with zero attached hydrogens (tertiary/aromatic N) is 3. The van der Waals surface area contributed by atoms with E-state index in [1.807, 2.05) is 62.1 Å². The Balaban J connectivity index is 1.61. The number of anilines is 1. The average Bonchev–Trinajstić information content (AvgIpc) is 3.14. The van der Waals surface area contributed by atoms with Crippen molar-refractivity contribution >= 4 is 35.2 Å². The summed E-state index contributed by atoms with van der Waals surface area (Å²) in [4.78, 5) is 47.0. The lowest BCUT2D eigenvalue weighted by molar-refractivity contribution is -0.143. The highest BCUT2D eigenvalue weighted by molar-refractivity contribution is 8.02. The highest BCUT2D eigenvalue weighted by Crippen LogP contribution is 2.61. The molecule has 4 aliphatic rings. The summed E-state index contributed by atoms with van der Waals surface area (Å²) >= 11 is 1.58. The number of thioether (sulfide) groups is 1. The predicted octanol–water partition coefficient (Wildman–Crippen LogP) is 2.30. The molecule has 5 atom stereocenters. The molecule has 1 aromatic rings. The molecule has 0 aromatic heterocycles. The van der Waals surface area contributed by atoms with Gasteiger partial charge in [0.2, 0.25) is 11.8 Å². The molecule has 1 aromatic carbocycles. The van der Waals surface area contributed by atoms with Crippen molar-refractivity contribution in [3.63, 3.8) is 0 Å². The van der Waals surface area contributed by atoms with Gasteiger partial charge in [0.25, 0.3) is 5.91 Å². The van der Waals surface area contributed by atoms with Crippen LogP contribution in [0.15, 0.2) is 42.5 Å². The first kappa shape index (κ1) is 24.1. The lowest BCUT2D eigenvalue weighted by Crippen LogP contribution is -2.54. The topological polar surface area (TPSA) is 81.2 Å². The van der Waals surface area contributed by atoms with Crippen molar-refractivity contribution in [2.24, 2.45) is 11.8 Å². The SMILES string of the molecule is CCCN1CC=C[C@H]2S[C@]34C=CCN(c5cc(C)ccc5C)C(=O)C3N(CCO)C(=O)[C@@H]4[C@H]2C1=O. The van der Waals surface area contributed by atoms with Crippen LogP contribution in [-0.4, -0.2) is 81.5 Å². The second kappa shape index (κ2) is 9.13. The Bertz CT molecular complexity index is 1120. The van der Waals surface area contributed by atoms with Crippen molar-refractivity contribution in [2.75, 3.05) is 37.7 Å². The zero-order chi connectivity index (χ0) is 24.9. The van der Waals surface area contributed by atoms with Crippen molar-refractivity contribution in [2.45, 2.75) is 43.2 Å². The molecule has 7 nitrogen and oxygen atoms in total. The minimum absolute atomic E-state index is 0.00865.